The minimum Gasteiger partial charge on any atom is -0.396 e. The molecule has 3 N–H and O–H groups in total. The van der Waals surface area contributed by atoms with Crippen LogP contribution in [0.1, 0.15) is 26.7 Å². The lowest BCUT2D eigenvalue weighted by molar-refractivity contribution is 0.148. The number of thiazole rings is 1. The first-order valence-electron chi connectivity index (χ1n) is 7.52. The highest BCUT2D eigenvalue weighted by molar-refractivity contribution is 7.14. The van der Waals surface area contributed by atoms with Crippen molar-refractivity contribution in [3.05, 3.63) is 29.9 Å². The molecule has 0 unspecified atom stereocenters. The number of aromatic nitrogens is 2. The molecule has 2 rings (SSSR count). The van der Waals surface area contributed by atoms with Crippen LogP contribution in [0.15, 0.2) is 29.9 Å². The number of nitrogens with one attached hydrogen (secondary N) is 2. The van der Waals surface area contributed by atoms with Crippen LogP contribution < -0.4 is 10.6 Å². The zero-order chi connectivity index (χ0) is 16.7. The summed E-state index contributed by atoms with van der Waals surface area (Å²) in [7, 11) is 0. The third-order valence-corrected chi connectivity index (χ3v) is 4.18. The van der Waals surface area contributed by atoms with Crippen LogP contribution in [0.2, 0.25) is 0 Å². The van der Waals surface area contributed by atoms with E-state index in [1.54, 1.807) is 12.4 Å². The molecule has 0 spiro atoms. The van der Waals surface area contributed by atoms with Crippen molar-refractivity contribution in [3.8, 4) is 11.3 Å². The summed E-state index contributed by atoms with van der Waals surface area (Å²) in [6, 6.07) is 3.51. The number of amides is 2. The molecule has 0 aliphatic carbocycles. The first-order chi connectivity index (χ1) is 11.0. The van der Waals surface area contributed by atoms with E-state index >= 15 is 0 Å². The summed E-state index contributed by atoms with van der Waals surface area (Å²) >= 11 is 1.38. The van der Waals surface area contributed by atoms with Crippen LogP contribution in [0.25, 0.3) is 11.3 Å². The molecule has 0 aliphatic heterocycles. The normalized spacial score (nSPS) is 11.3. The molecule has 2 amide bonds. The Kier molecular flexibility index (Phi) is 6.06. The fourth-order valence-electron chi connectivity index (χ4n) is 1.97. The van der Waals surface area contributed by atoms with Crippen molar-refractivity contribution >= 4 is 22.5 Å². The molecule has 0 aromatic carbocycles. The number of carbonyl (C=O) groups excluding carboxylic acids is 1. The third-order valence-electron chi connectivity index (χ3n) is 3.43. The van der Waals surface area contributed by atoms with E-state index in [4.69, 9.17) is 0 Å². The van der Waals surface area contributed by atoms with Crippen molar-refractivity contribution in [1.82, 2.24) is 15.3 Å². The van der Waals surface area contributed by atoms with Crippen LogP contribution in [-0.4, -0.2) is 34.3 Å². The molecule has 2 heterocycles. The summed E-state index contributed by atoms with van der Waals surface area (Å²) in [5.74, 6) is 0. The van der Waals surface area contributed by atoms with Gasteiger partial charge in [0, 0.05) is 36.5 Å². The van der Waals surface area contributed by atoms with Crippen molar-refractivity contribution in [1.29, 1.82) is 0 Å². The highest BCUT2D eigenvalue weighted by atomic mass is 32.1. The second-order valence-corrected chi connectivity index (χ2v) is 6.94. The molecular formula is C16H22N4O2S. The van der Waals surface area contributed by atoms with Crippen molar-refractivity contribution in [3.63, 3.8) is 0 Å². The minimum absolute atomic E-state index is 0.105. The highest BCUT2D eigenvalue weighted by Gasteiger charge is 2.15. The van der Waals surface area contributed by atoms with E-state index in [2.05, 4.69) is 20.6 Å². The Balaban J connectivity index is 1.77. The highest BCUT2D eigenvalue weighted by Crippen LogP contribution is 2.24. The molecular weight excluding hydrogens is 312 g/mol. The average molecular weight is 334 g/mol. The third kappa shape index (κ3) is 5.61. The number of hydrogen-bond acceptors (Lipinski definition) is 5. The van der Waals surface area contributed by atoms with Crippen molar-refractivity contribution in [2.45, 2.75) is 26.7 Å². The molecule has 0 bridgehead atoms. The first-order valence-corrected chi connectivity index (χ1v) is 8.40. The molecule has 0 radical (unpaired) electrons. The van der Waals surface area contributed by atoms with Crippen LogP contribution in [0, 0.1) is 5.41 Å². The molecule has 0 saturated carbocycles. The molecule has 0 atom stereocenters. The Morgan fingerprint density at radius 2 is 2.26 bits per heavy atom. The molecule has 0 aliphatic rings. The summed E-state index contributed by atoms with van der Waals surface area (Å²) in [5.41, 5.74) is 1.61. The van der Waals surface area contributed by atoms with Crippen molar-refractivity contribution in [2.24, 2.45) is 5.41 Å². The van der Waals surface area contributed by atoms with Crippen molar-refractivity contribution < 1.29 is 9.90 Å². The standard InChI is InChI=1S/C16H22N4O2S/c1-16(2,11-21)6-4-8-18-14(22)20-15-19-13(10-23-15)12-5-3-7-17-9-12/h3,5,7,9-10,21H,4,6,8,11H2,1-2H3,(H2,18,19,20,22). The maximum Gasteiger partial charge on any atom is 0.321 e. The van der Waals surface area contributed by atoms with Gasteiger partial charge in [-0.05, 0) is 30.4 Å². The zero-order valence-electron chi connectivity index (χ0n) is 13.4. The smallest absolute Gasteiger partial charge is 0.321 e. The Hall–Kier alpha value is -1.99. The van der Waals surface area contributed by atoms with Crippen LogP contribution in [0.5, 0.6) is 0 Å². The summed E-state index contributed by atoms with van der Waals surface area (Å²) in [6.07, 6.45) is 5.12. The van der Waals surface area contributed by atoms with Gasteiger partial charge in [0.05, 0.1) is 5.69 Å². The van der Waals surface area contributed by atoms with Gasteiger partial charge in [-0.3, -0.25) is 10.3 Å². The Bertz CT molecular complexity index is 628. The number of rotatable bonds is 7. The van der Waals surface area contributed by atoms with E-state index in [0.29, 0.717) is 11.7 Å². The predicted octanol–water partition coefficient (Wildman–Crippen LogP) is 3.13. The number of carbonyl (C=O) groups is 1. The fraction of sp³-hybridized carbons (Fsp3) is 0.438. The minimum atomic E-state index is -0.265. The van der Waals surface area contributed by atoms with E-state index in [1.165, 1.54) is 11.3 Å². The first kappa shape index (κ1) is 17.4. The second-order valence-electron chi connectivity index (χ2n) is 6.09. The monoisotopic (exact) mass is 334 g/mol. The molecule has 124 valence electrons. The number of pyridine rings is 1. The van der Waals surface area contributed by atoms with Gasteiger partial charge < -0.3 is 10.4 Å². The lowest BCUT2D eigenvalue weighted by Gasteiger charge is -2.21. The van der Waals surface area contributed by atoms with Gasteiger partial charge in [-0.1, -0.05) is 13.8 Å². The van der Waals surface area contributed by atoms with E-state index in [-0.39, 0.29) is 18.1 Å². The Labute approximate surface area is 140 Å². The van der Waals surface area contributed by atoms with E-state index < -0.39 is 0 Å². The number of anilines is 1. The molecule has 2 aromatic rings. The molecule has 0 saturated heterocycles. The quantitative estimate of drug-likeness (QED) is 0.679. The van der Waals surface area contributed by atoms with Gasteiger partial charge in [0.25, 0.3) is 0 Å². The number of urea groups is 1. The molecule has 7 heteroatoms. The molecule has 0 fully saturated rings. The maximum absolute atomic E-state index is 11.8. The summed E-state index contributed by atoms with van der Waals surface area (Å²) < 4.78 is 0. The van der Waals surface area contributed by atoms with Gasteiger partial charge in [-0.15, -0.1) is 11.3 Å². The van der Waals surface area contributed by atoms with Gasteiger partial charge >= 0.3 is 6.03 Å². The van der Waals surface area contributed by atoms with Crippen LogP contribution >= 0.6 is 11.3 Å². The fourth-order valence-corrected chi connectivity index (χ4v) is 2.68. The largest absolute Gasteiger partial charge is 0.396 e. The predicted molar refractivity (Wildman–Crippen MR) is 92.5 cm³/mol. The van der Waals surface area contributed by atoms with Gasteiger partial charge in [-0.2, -0.15) is 0 Å². The van der Waals surface area contributed by atoms with E-state index in [0.717, 1.165) is 24.1 Å². The molecule has 23 heavy (non-hydrogen) atoms. The second kappa shape index (κ2) is 8.03. The van der Waals surface area contributed by atoms with Gasteiger partial charge in [0.15, 0.2) is 5.13 Å². The zero-order valence-corrected chi connectivity index (χ0v) is 14.2. The number of nitrogens with zero attached hydrogens (tertiary/aromatic N) is 2. The summed E-state index contributed by atoms with van der Waals surface area (Å²) in [4.78, 5) is 20.3. The van der Waals surface area contributed by atoms with Crippen LogP contribution in [0.4, 0.5) is 9.93 Å². The van der Waals surface area contributed by atoms with Crippen molar-refractivity contribution in [2.75, 3.05) is 18.5 Å². The number of aliphatic hydroxyl groups is 1. The summed E-state index contributed by atoms with van der Waals surface area (Å²) in [5, 5.41) is 17.2. The Morgan fingerprint density at radius 3 is 2.96 bits per heavy atom. The summed E-state index contributed by atoms with van der Waals surface area (Å²) in [6.45, 7) is 4.72. The maximum atomic E-state index is 11.8. The molecule has 2 aromatic heterocycles. The van der Waals surface area contributed by atoms with Crippen LogP contribution in [-0.2, 0) is 0 Å². The Morgan fingerprint density at radius 1 is 1.43 bits per heavy atom. The van der Waals surface area contributed by atoms with Gasteiger partial charge in [0.1, 0.15) is 0 Å². The van der Waals surface area contributed by atoms with Gasteiger partial charge in [-0.25, -0.2) is 9.78 Å². The van der Waals surface area contributed by atoms with E-state index in [1.807, 2.05) is 31.4 Å². The van der Waals surface area contributed by atoms with E-state index in [9.17, 15) is 9.90 Å². The van der Waals surface area contributed by atoms with Gasteiger partial charge in [0.2, 0.25) is 0 Å². The number of aliphatic hydroxyl groups excluding tert-OH is 1. The molecule has 6 nitrogen and oxygen atoms in total. The average Bonchev–Trinajstić information content (AvgIpc) is 3.01. The lowest BCUT2D eigenvalue weighted by Crippen LogP contribution is -2.30. The van der Waals surface area contributed by atoms with Crippen LogP contribution in [0.3, 0.4) is 0 Å². The lowest BCUT2D eigenvalue weighted by atomic mass is 9.89. The topological polar surface area (TPSA) is 87.1 Å². The SMILES string of the molecule is CC(C)(CO)CCCNC(=O)Nc1nc(-c2cccnc2)cs1. The number of hydrogen-bond donors (Lipinski definition) is 3.